The molecule has 0 amide bonds. The third-order valence-electron chi connectivity index (χ3n) is 3.59. The van der Waals surface area contributed by atoms with Crippen molar-refractivity contribution >= 4 is 0 Å². The van der Waals surface area contributed by atoms with Crippen LogP contribution in [0.15, 0.2) is 24.3 Å². The maximum atomic E-state index is 8.92. The first-order chi connectivity index (χ1) is 9.40. The van der Waals surface area contributed by atoms with Crippen molar-refractivity contribution < 1.29 is 9.47 Å². The van der Waals surface area contributed by atoms with E-state index in [0.29, 0.717) is 17.9 Å². The summed E-state index contributed by atoms with van der Waals surface area (Å²) in [4.78, 5) is 0. The molecule has 1 aromatic carbocycles. The van der Waals surface area contributed by atoms with E-state index < -0.39 is 0 Å². The number of rotatable bonds is 8. The molecule has 1 aromatic rings. The number of ether oxygens (including phenoxy) is 2. The quantitative estimate of drug-likeness (QED) is 0.671. The lowest BCUT2D eigenvalue weighted by Gasteiger charge is -2.24. The van der Waals surface area contributed by atoms with E-state index >= 15 is 0 Å². The first kappa shape index (κ1) is 13.9. The molecule has 3 nitrogen and oxygen atoms in total. The number of benzene rings is 1. The van der Waals surface area contributed by atoms with Gasteiger partial charge in [-0.25, -0.2) is 0 Å². The molecular weight excluding hydrogens is 238 g/mol. The average Bonchev–Trinajstić information content (AvgIpc) is 2.40. The van der Waals surface area contributed by atoms with Gasteiger partial charge in [-0.2, -0.15) is 5.26 Å². The van der Waals surface area contributed by atoms with E-state index in [1.165, 1.54) is 25.7 Å². The SMILES string of the molecule is N#Cc1ccccc1OCCCOCCC1CCC1. The van der Waals surface area contributed by atoms with Gasteiger partial charge in [0.25, 0.3) is 0 Å². The highest BCUT2D eigenvalue weighted by Crippen LogP contribution is 2.29. The summed E-state index contributed by atoms with van der Waals surface area (Å²) < 4.78 is 11.2. The molecule has 102 valence electrons. The maximum absolute atomic E-state index is 8.92. The highest BCUT2D eigenvalue weighted by atomic mass is 16.5. The van der Waals surface area contributed by atoms with Gasteiger partial charge in [0.1, 0.15) is 11.8 Å². The Morgan fingerprint density at radius 2 is 2.00 bits per heavy atom. The lowest BCUT2D eigenvalue weighted by Crippen LogP contribution is -2.14. The van der Waals surface area contributed by atoms with Crippen LogP contribution in [0.25, 0.3) is 0 Å². The van der Waals surface area contributed by atoms with Crippen molar-refractivity contribution in [2.75, 3.05) is 19.8 Å². The summed E-state index contributed by atoms with van der Waals surface area (Å²) in [6, 6.07) is 9.45. The van der Waals surface area contributed by atoms with Crippen LogP contribution in [0.2, 0.25) is 0 Å². The van der Waals surface area contributed by atoms with Crippen LogP contribution in [-0.2, 0) is 4.74 Å². The topological polar surface area (TPSA) is 42.2 Å². The van der Waals surface area contributed by atoms with Crippen LogP contribution in [0.1, 0.15) is 37.7 Å². The minimum absolute atomic E-state index is 0.591. The van der Waals surface area contributed by atoms with Gasteiger partial charge in [0.05, 0.1) is 12.2 Å². The van der Waals surface area contributed by atoms with Gasteiger partial charge in [-0.05, 0) is 24.5 Å². The largest absolute Gasteiger partial charge is 0.492 e. The minimum atomic E-state index is 0.591. The molecule has 3 heteroatoms. The summed E-state index contributed by atoms with van der Waals surface area (Å²) in [7, 11) is 0. The number of hydrogen-bond donors (Lipinski definition) is 0. The van der Waals surface area contributed by atoms with E-state index in [-0.39, 0.29) is 0 Å². The van der Waals surface area contributed by atoms with E-state index in [1.54, 1.807) is 6.07 Å². The number of nitrogens with zero attached hydrogens (tertiary/aromatic N) is 1. The fourth-order valence-electron chi connectivity index (χ4n) is 2.16. The van der Waals surface area contributed by atoms with Gasteiger partial charge in [-0.1, -0.05) is 31.4 Å². The van der Waals surface area contributed by atoms with Gasteiger partial charge in [0.15, 0.2) is 0 Å². The molecule has 19 heavy (non-hydrogen) atoms. The van der Waals surface area contributed by atoms with Gasteiger partial charge < -0.3 is 9.47 Å². The number of nitriles is 1. The zero-order valence-corrected chi connectivity index (χ0v) is 11.3. The number of para-hydroxylation sites is 1. The Morgan fingerprint density at radius 3 is 2.74 bits per heavy atom. The van der Waals surface area contributed by atoms with Crippen molar-refractivity contribution in [1.82, 2.24) is 0 Å². The Kier molecular flexibility index (Phi) is 5.71. The lowest BCUT2D eigenvalue weighted by atomic mass is 9.83. The summed E-state index contributed by atoms with van der Waals surface area (Å²) >= 11 is 0. The van der Waals surface area contributed by atoms with Crippen molar-refractivity contribution in [2.45, 2.75) is 32.1 Å². The molecule has 2 rings (SSSR count). The average molecular weight is 259 g/mol. The minimum Gasteiger partial charge on any atom is -0.492 e. The van der Waals surface area contributed by atoms with Gasteiger partial charge >= 0.3 is 0 Å². The lowest BCUT2D eigenvalue weighted by molar-refractivity contribution is 0.0961. The van der Waals surface area contributed by atoms with Crippen LogP contribution in [0.4, 0.5) is 0 Å². The summed E-state index contributed by atoms with van der Waals surface area (Å²) in [5, 5.41) is 8.92. The first-order valence-electron chi connectivity index (χ1n) is 7.10. The predicted octanol–water partition coefficient (Wildman–Crippen LogP) is 3.53. The summed E-state index contributed by atoms with van der Waals surface area (Å²) in [5.74, 6) is 1.58. The summed E-state index contributed by atoms with van der Waals surface area (Å²) in [5.41, 5.74) is 0.591. The molecule has 0 bridgehead atoms. The predicted molar refractivity (Wildman–Crippen MR) is 74.0 cm³/mol. The third-order valence-corrected chi connectivity index (χ3v) is 3.59. The molecule has 0 radical (unpaired) electrons. The van der Waals surface area contributed by atoms with Crippen LogP contribution in [-0.4, -0.2) is 19.8 Å². The van der Waals surface area contributed by atoms with Crippen molar-refractivity contribution in [2.24, 2.45) is 5.92 Å². The van der Waals surface area contributed by atoms with Crippen LogP contribution in [0.5, 0.6) is 5.75 Å². The summed E-state index contributed by atoms with van der Waals surface area (Å²) in [6.45, 7) is 2.21. The standard InChI is InChI=1S/C16H21NO2/c17-13-15-7-1-2-8-16(15)19-11-4-10-18-12-9-14-5-3-6-14/h1-2,7-8,14H,3-6,9-12H2. The maximum Gasteiger partial charge on any atom is 0.137 e. The van der Waals surface area contributed by atoms with Crippen molar-refractivity contribution in [3.63, 3.8) is 0 Å². The van der Waals surface area contributed by atoms with E-state index in [1.807, 2.05) is 18.2 Å². The van der Waals surface area contributed by atoms with Crippen LogP contribution in [0.3, 0.4) is 0 Å². The van der Waals surface area contributed by atoms with Crippen LogP contribution in [0, 0.1) is 17.2 Å². The zero-order chi connectivity index (χ0) is 13.3. The van der Waals surface area contributed by atoms with Crippen molar-refractivity contribution in [3.8, 4) is 11.8 Å². The van der Waals surface area contributed by atoms with Gasteiger partial charge in [0.2, 0.25) is 0 Å². The second kappa shape index (κ2) is 7.81. The molecule has 0 saturated heterocycles. The molecule has 1 fully saturated rings. The number of hydrogen-bond acceptors (Lipinski definition) is 3. The van der Waals surface area contributed by atoms with E-state index in [2.05, 4.69) is 6.07 Å². The Balaban J connectivity index is 1.52. The molecule has 1 aliphatic carbocycles. The Morgan fingerprint density at radius 1 is 1.16 bits per heavy atom. The van der Waals surface area contributed by atoms with E-state index in [9.17, 15) is 0 Å². The van der Waals surface area contributed by atoms with Gasteiger partial charge in [0, 0.05) is 19.6 Å². The zero-order valence-electron chi connectivity index (χ0n) is 11.3. The fraction of sp³-hybridized carbons (Fsp3) is 0.562. The smallest absolute Gasteiger partial charge is 0.137 e. The molecule has 0 spiro atoms. The summed E-state index contributed by atoms with van der Waals surface area (Å²) in [6.07, 6.45) is 6.24. The molecule has 1 saturated carbocycles. The van der Waals surface area contributed by atoms with E-state index in [0.717, 1.165) is 25.6 Å². The first-order valence-corrected chi connectivity index (χ1v) is 7.10. The molecular formula is C16H21NO2. The highest BCUT2D eigenvalue weighted by molar-refractivity contribution is 5.42. The normalized spacial score (nSPS) is 14.7. The highest BCUT2D eigenvalue weighted by Gasteiger charge is 2.16. The van der Waals surface area contributed by atoms with Gasteiger partial charge in [-0.3, -0.25) is 0 Å². The molecule has 0 atom stereocenters. The second-order valence-electron chi connectivity index (χ2n) is 5.01. The van der Waals surface area contributed by atoms with E-state index in [4.69, 9.17) is 14.7 Å². The Bertz CT molecular complexity index is 421. The second-order valence-corrected chi connectivity index (χ2v) is 5.01. The Hall–Kier alpha value is -1.53. The Labute approximate surface area is 115 Å². The van der Waals surface area contributed by atoms with Gasteiger partial charge in [-0.15, -0.1) is 0 Å². The molecule has 1 aliphatic rings. The van der Waals surface area contributed by atoms with Crippen molar-refractivity contribution in [1.29, 1.82) is 5.26 Å². The monoisotopic (exact) mass is 259 g/mol. The van der Waals surface area contributed by atoms with Crippen LogP contribution < -0.4 is 4.74 Å². The fourth-order valence-corrected chi connectivity index (χ4v) is 2.16. The molecule has 0 aromatic heterocycles. The van der Waals surface area contributed by atoms with Crippen molar-refractivity contribution in [3.05, 3.63) is 29.8 Å². The molecule has 0 heterocycles. The molecule has 0 aliphatic heterocycles. The molecule has 0 N–H and O–H groups in total. The van der Waals surface area contributed by atoms with Crippen LogP contribution >= 0.6 is 0 Å². The molecule has 0 unspecified atom stereocenters. The third kappa shape index (κ3) is 4.57.